The first-order valence-electron chi connectivity index (χ1n) is 11.5. The van der Waals surface area contributed by atoms with Crippen molar-refractivity contribution in [1.82, 2.24) is 14.8 Å². The number of hydrogen-bond acceptors (Lipinski definition) is 2. The first-order chi connectivity index (χ1) is 13.6. The van der Waals surface area contributed by atoms with Crippen molar-refractivity contribution < 1.29 is 0 Å². The second-order valence-electron chi connectivity index (χ2n) is 9.83. The Morgan fingerprint density at radius 1 is 1.00 bits per heavy atom. The maximum atomic E-state index is 3.58. The van der Waals surface area contributed by atoms with Crippen LogP contribution in [-0.4, -0.2) is 36.7 Å². The van der Waals surface area contributed by atoms with Crippen LogP contribution in [0, 0.1) is 11.8 Å². The molecule has 4 rings (SSSR count). The summed E-state index contributed by atoms with van der Waals surface area (Å²) in [6.45, 7) is 8.19. The molecule has 1 aromatic heterocycles. The fourth-order valence-electron chi connectivity index (χ4n) is 5.79. The van der Waals surface area contributed by atoms with Crippen LogP contribution in [0.2, 0.25) is 0 Å². The van der Waals surface area contributed by atoms with E-state index >= 15 is 0 Å². The van der Waals surface area contributed by atoms with Crippen molar-refractivity contribution >= 4 is 10.9 Å². The van der Waals surface area contributed by atoms with E-state index in [1.165, 1.54) is 49.4 Å². The predicted molar refractivity (Wildman–Crippen MR) is 120 cm³/mol. The van der Waals surface area contributed by atoms with E-state index in [1.807, 2.05) is 0 Å². The molecule has 1 saturated carbocycles. The third kappa shape index (κ3) is 3.89. The van der Waals surface area contributed by atoms with Gasteiger partial charge in [0, 0.05) is 35.1 Å². The minimum absolute atomic E-state index is 0.681. The molecule has 2 heterocycles. The molecule has 2 fully saturated rings. The van der Waals surface area contributed by atoms with Gasteiger partial charge in [0.1, 0.15) is 0 Å². The number of fused-ring (bicyclic) bond motifs is 1. The van der Waals surface area contributed by atoms with Gasteiger partial charge >= 0.3 is 0 Å². The Bertz CT molecular complexity index is 774. The summed E-state index contributed by atoms with van der Waals surface area (Å²) < 4.78 is 2.82. The summed E-state index contributed by atoms with van der Waals surface area (Å²) in [4.78, 5) is 2.35. The number of benzene rings is 1. The molecule has 0 atom stereocenters. The van der Waals surface area contributed by atoms with Gasteiger partial charge in [-0.25, -0.2) is 0 Å². The van der Waals surface area contributed by atoms with Crippen LogP contribution in [0.1, 0.15) is 75.6 Å². The minimum Gasteiger partial charge on any atom is -0.341 e. The molecular weight excluding hydrogens is 342 g/mol. The number of hydrogen-bond donors (Lipinski definition) is 1. The molecule has 3 heteroatoms. The smallest absolute Gasteiger partial charge is 0.0488 e. The van der Waals surface area contributed by atoms with Crippen LogP contribution in [-0.2, 0) is 6.54 Å². The van der Waals surface area contributed by atoms with Gasteiger partial charge in [0.2, 0.25) is 0 Å². The van der Waals surface area contributed by atoms with Gasteiger partial charge in [-0.1, -0.05) is 32.0 Å². The number of nitrogens with zero attached hydrogens (tertiary/aromatic N) is 2. The molecule has 0 amide bonds. The summed E-state index contributed by atoms with van der Waals surface area (Å²) in [5, 5.41) is 5.07. The highest BCUT2D eigenvalue weighted by Gasteiger charge is 2.31. The van der Waals surface area contributed by atoms with Crippen molar-refractivity contribution in [2.45, 2.75) is 70.9 Å². The van der Waals surface area contributed by atoms with Crippen LogP contribution >= 0.6 is 0 Å². The van der Waals surface area contributed by atoms with Crippen LogP contribution in [0.3, 0.4) is 0 Å². The lowest BCUT2D eigenvalue weighted by atomic mass is 9.79. The Kier molecular flexibility index (Phi) is 6.13. The fourth-order valence-corrected chi connectivity index (χ4v) is 5.79. The van der Waals surface area contributed by atoms with Crippen LogP contribution in [0.15, 0.2) is 24.3 Å². The second kappa shape index (κ2) is 8.59. The van der Waals surface area contributed by atoms with E-state index in [0.717, 1.165) is 31.5 Å². The Hall–Kier alpha value is -1.32. The average molecular weight is 382 g/mol. The largest absolute Gasteiger partial charge is 0.341 e. The molecule has 0 radical (unpaired) electrons. The molecule has 1 N–H and O–H groups in total. The van der Waals surface area contributed by atoms with Crippen molar-refractivity contribution in [2.75, 3.05) is 27.2 Å². The topological polar surface area (TPSA) is 20.2 Å². The molecule has 28 heavy (non-hydrogen) atoms. The van der Waals surface area contributed by atoms with Crippen LogP contribution < -0.4 is 5.32 Å². The molecule has 3 nitrogen and oxygen atoms in total. The van der Waals surface area contributed by atoms with Crippen LogP contribution in [0.5, 0.6) is 0 Å². The van der Waals surface area contributed by atoms with Gasteiger partial charge in [0.05, 0.1) is 0 Å². The molecule has 1 aliphatic carbocycles. The summed E-state index contributed by atoms with van der Waals surface area (Å²) in [7, 11) is 4.43. The van der Waals surface area contributed by atoms with E-state index < -0.39 is 0 Å². The monoisotopic (exact) mass is 381 g/mol. The van der Waals surface area contributed by atoms with Crippen LogP contribution in [0.25, 0.3) is 10.9 Å². The molecule has 1 aromatic carbocycles. The second-order valence-corrected chi connectivity index (χ2v) is 9.83. The molecule has 1 saturated heterocycles. The fraction of sp³-hybridized carbons (Fsp3) is 0.680. The van der Waals surface area contributed by atoms with E-state index in [1.54, 1.807) is 11.3 Å². The van der Waals surface area contributed by atoms with Gasteiger partial charge in [-0.3, -0.25) is 0 Å². The van der Waals surface area contributed by atoms with E-state index in [4.69, 9.17) is 0 Å². The maximum Gasteiger partial charge on any atom is 0.0488 e. The first kappa shape index (κ1) is 20.0. The van der Waals surface area contributed by atoms with Crippen molar-refractivity contribution in [2.24, 2.45) is 11.8 Å². The van der Waals surface area contributed by atoms with E-state index in [9.17, 15) is 0 Å². The normalized spacial score (nSPS) is 24.5. The number of aromatic nitrogens is 1. The van der Waals surface area contributed by atoms with E-state index in [0.29, 0.717) is 12.0 Å². The Morgan fingerprint density at radius 3 is 2.32 bits per heavy atom. The van der Waals surface area contributed by atoms with Gasteiger partial charge in [0.25, 0.3) is 0 Å². The predicted octanol–water partition coefficient (Wildman–Crippen LogP) is 5.56. The number of piperidine rings is 1. The van der Waals surface area contributed by atoms with Gasteiger partial charge < -0.3 is 14.8 Å². The highest BCUT2D eigenvalue weighted by Crippen LogP contribution is 2.43. The van der Waals surface area contributed by atoms with Gasteiger partial charge in [-0.05, 0) is 89.2 Å². The Morgan fingerprint density at radius 2 is 1.68 bits per heavy atom. The molecule has 2 aliphatic rings. The first-order valence-corrected chi connectivity index (χ1v) is 11.5. The lowest BCUT2D eigenvalue weighted by Gasteiger charge is -2.35. The molecular formula is C25H39N3. The summed E-state index contributed by atoms with van der Waals surface area (Å²) in [6, 6.07) is 9.90. The van der Waals surface area contributed by atoms with Crippen molar-refractivity contribution in [3.63, 3.8) is 0 Å². The summed E-state index contributed by atoms with van der Waals surface area (Å²) in [5.74, 6) is 2.45. The minimum atomic E-state index is 0.681. The summed E-state index contributed by atoms with van der Waals surface area (Å²) in [5.41, 5.74) is 4.75. The molecule has 0 spiro atoms. The highest BCUT2D eigenvalue weighted by atomic mass is 15.1. The molecule has 154 valence electrons. The number of rotatable bonds is 5. The molecule has 1 aliphatic heterocycles. The molecule has 0 bridgehead atoms. The average Bonchev–Trinajstić information content (AvgIpc) is 3.02. The summed E-state index contributed by atoms with van der Waals surface area (Å²) in [6.07, 6.45) is 8.03. The van der Waals surface area contributed by atoms with Gasteiger partial charge in [-0.2, -0.15) is 0 Å². The Labute approximate surface area is 171 Å². The molecule has 0 unspecified atom stereocenters. The third-order valence-corrected chi connectivity index (χ3v) is 7.31. The third-order valence-electron chi connectivity index (χ3n) is 7.31. The molecule has 2 aromatic rings. The Balaban J connectivity index is 1.79. The van der Waals surface area contributed by atoms with Crippen molar-refractivity contribution in [3.05, 3.63) is 35.5 Å². The SMILES string of the molecule is CC(C)C1CCC(n2c(C3CCNCC3)c(CN(C)C)c3ccccc32)CC1. The van der Waals surface area contributed by atoms with Gasteiger partial charge in [0.15, 0.2) is 0 Å². The lowest BCUT2D eigenvalue weighted by molar-refractivity contribution is 0.224. The van der Waals surface area contributed by atoms with Gasteiger partial charge in [-0.15, -0.1) is 0 Å². The van der Waals surface area contributed by atoms with Crippen molar-refractivity contribution in [1.29, 1.82) is 0 Å². The standard InChI is InChI=1S/C25H39N3/c1-18(2)19-9-11-21(12-10-19)28-24-8-6-5-7-22(24)23(17-27(3)4)25(28)20-13-15-26-16-14-20/h5-8,18-21,26H,9-17H2,1-4H3. The summed E-state index contributed by atoms with van der Waals surface area (Å²) >= 11 is 0. The number of para-hydroxylation sites is 1. The zero-order valence-corrected chi connectivity index (χ0v) is 18.4. The zero-order valence-electron chi connectivity index (χ0n) is 18.4. The number of nitrogens with one attached hydrogen (secondary N) is 1. The zero-order chi connectivity index (χ0) is 19.7. The lowest BCUT2D eigenvalue weighted by Crippen LogP contribution is -2.30. The van der Waals surface area contributed by atoms with E-state index in [2.05, 4.69) is 67.0 Å². The highest BCUT2D eigenvalue weighted by molar-refractivity contribution is 5.86. The quantitative estimate of drug-likeness (QED) is 0.732. The van der Waals surface area contributed by atoms with Crippen molar-refractivity contribution in [3.8, 4) is 0 Å². The maximum absolute atomic E-state index is 3.58. The van der Waals surface area contributed by atoms with E-state index in [-0.39, 0.29) is 0 Å². The van der Waals surface area contributed by atoms with Crippen LogP contribution in [0.4, 0.5) is 0 Å².